The number of hydrogen-bond acceptors (Lipinski definition) is 3. The molecule has 82 valence electrons. The van der Waals surface area contributed by atoms with Crippen LogP contribution in [0.15, 0.2) is 18.3 Å². The van der Waals surface area contributed by atoms with Crippen LogP contribution in [0.4, 0.5) is 10.1 Å². The van der Waals surface area contributed by atoms with E-state index in [2.05, 4.69) is 27.6 Å². The second-order valence-electron chi connectivity index (χ2n) is 3.75. The Hall–Kier alpha value is -0.430. The fraction of sp³-hybridized carbons (Fsp3) is 0.500. The van der Waals surface area contributed by atoms with Crippen molar-refractivity contribution in [1.29, 1.82) is 0 Å². The molecule has 1 aliphatic heterocycles. The van der Waals surface area contributed by atoms with Gasteiger partial charge >= 0.3 is 0 Å². The van der Waals surface area contributed by atoms with Gasteiger partial charge in [0.1, 0.15) is 9.87 Å². The van der Waals surface area contributed by atoms with Crippen molar-refractivity contribution in [1.82, 2.24) is 4.98 Å². The summed E-state index contributed by atoms with van der Waals surface area (Å²) in [6, 6.07) is 3.59. The van der Waals surface area contributed by atoms with Gasteiger partial charge in [0.15, 0.2) is 0 Å². The average molecular weight is 321 g/mol. The van der Waals surface area contributed by atoms with E-state index >= 15 is 0 Å². The minimum Gasteiger partial charge on any atom is -0.367 e. The average Bonchev–Trinajstić information content (AvgIpc) is 2.23. The number of hydrogen-bond donors (Lipinski definition) is 1. The molecule has 1 fully saturated rings. The third-order valence-corrected chi connectivity index (χ3v) is 3.31. The predicted molar refractivity (Wildman–Crippen MR) is 66.7 cm³/mol. The Labute approximate surface area is 102 Å². The molecular formula is C10H13FIN3. The molecule has 0 amide bonds. The molecule has 0 aliphatic carbocycles. The standard InChI is InChI=1S/C10H13FIN3/c11-8-6-15(4-3-9(8)13)7-1-2-10(12)14-5-7/h1-2,5,8-9H,3-4,6,13H2/t8-,9+/m0/s1. The molecule has 0 saturated carbocycles. The van der Waals surface area contributed by atoms with E-state index < -0.39 is 6.17 Å². The molecule has 2 N–H and O–H groups in total. The second kappa shape index (κ2) is 4.61. The minimum atomic E-state index is -0.932. The van der Waals surface area contributed by atoms with Gasteiger partial charge in [-0.05, 0) is 41.1 Å². The van der Waals surface area contributed by atoms with Crippen LogP contribution < -0.4 is 10.6 Å². The lowest BCUT2D eigenvalue weighted by atomic mass is 10.0. The van der Waals surface area contributed by atoms with E-state index in [4.69, 9.17) is 5.73 Å². The molecule has 0 spiro atoms. The maximum absolute atomic E-state index is 13.4. The Morgan fingerprint density at radius 3 is 2.93 bits per heavy atom. The van der Waals surface area contributed by atoms with Crippen molar-refractivity contribution in [2.24, 2.45) is 5.73 Å². The largest absolute Gasteiger partial charge is 0.367 e. The zero-order valence-corrected chi connectivity index (χ0v) is 10.4. The number of piperidine rings is 1. The summed E-state index contributed by atoms with van der Waals surface area (Å²) in [6.45, 7) is 1.19. The molecule has 1 aliphatic rings. The molecule has 2 rings (SSSR count). The van der Waals surface area contributed by atoms with Crippen molar-refractivity contribution < 1.29 is 4.39 Å². The van der Waals surface area contributed by atoms with Crippen LogP contribution in [0.25, 0.3) is 0 Å². The second-order valence-corrected chi connectivity index (χ2v) is 4.86. The van der Waals surface area contributed by atoms with Gasteiger partial charge in [0.25, 0.3) is 0 Å². The Morgan fingerprint density at radius 2 is 2.33 bits per heavy atom. The normalized spacial score (nSPS) is 26.7. The van der Waals surface area contributed by atoms with Crippen molar-refractivity contribution in [3.05, 3.63) is 22.0 Å². The lowest BCUT2D eigenvalue weighted by molar-refractivity contribution is 0.251. The highest BCUT2D eigenvalue weighted by Crippen LogP contribution is 2.20. The van der Waals surface area contributed by atoms with Crippen molar-refractivity contribution >= 4 is 28.3 Å². The van der Waals surface area contributed by atoms with Crippen LogP contribution in [-0.2, 0) is 0 Å². The summed E-state index contributed by atoms with van der Waals surface area (Å²) in [7, 11) is 0. The van der Waals surface area contributed by atoms with Gasteiger partial charge in [0.2, 0.25) is 0 Å². The number of alkyl halides is 1. The highest BCUT2D eigenvalue weighted by Gasteiger charge is 2.26. The molecular weight excluding hydrogens is 308 g/mol. The molecule has 2 atom stereocenters. The highest BCUT2D eigenvalue weighted by molar-refractivity contribution is 14.1. The molecule has 0 unspecified atom stereocenters. The van der Waals surface area contributed by atoms with Gasteiger partial charge in [-0.2, -0.15) is 0 Å². The van der Waals surface area contributed by atoms with Gasteiger partial charge < -0.3 is 10.6 Å². The molecule has 1 aromatic rings. The Kier molecular flexibility index (Phi) is 3.40. The van der Waals surface area contributed by atoms with Gasteiger partial charge in [-0.1, -0.05) is 0 Å². The summed E-state index contributed by atoms with van der Waals surface area (Å²) in [6.07, 6.45) is 1.55. The fourth-order valence-electron chi connectivity index (χ4n) is 1.71. The fourth-order valence-corrected chi connectivity index (χ4v) is 2.03. The molecule has 0 aromatic carbocycles. The van der Waals surface area contributed by atoms with Gasteiger partial charge in [-0.25, -0.2) is 9.37 Å². The molecule has 15 heavy (non-hydrogen) atoms. The van der Waals surface area contributed by atoms with Crippen molar-refractivity contribution in [3.8, 4) is 0 Å². The first-order chi connectivity index (χ1) is 7.16. The zero-order chi connectivity index (χ0) is 10.8. The van der Waals surface area contributed by atoms with Crippen molar-refractivity contribution in [2.45, 2.75) is 18.6 Å². The van der Waals surface area contributed by atoms with Crippen LogP contribution in [0.5, 0.6) is 0 Å². The summed E-state index contributed by atoms with van der Waals surface area (Å²) in [5, 5.41) is 0. The van der Waals surface area contributed by atoms with E-state index in [1.54, 1.807) is 6.20 Å². The predicted octanol–water partition coefficient (Wildman–Crippen LogP) is 1.56. The Balaban J connectivity index is 2.08. The summed E-state index contributed by atoms with van der Waals surface area (Å²) in [5.74, 6) is 0. The number of aromatic nitrogens is 1. The van der Waals surface area contributed by atoms with Gasteiger partial charge in [-0.15, -0.1) is 0 Å². The van der Waals surface area contributed by atoms with Gasteiger partial charge in [-0.3, -0.25) is 0 Å². The molecule has 0 bridgehead atoms. The van der Waals surface area contributed by atoms with E-state index in [1.807, 2.05) is 17.0 Å². The smallest absolute Gasteiger partial charge is 0.133 e. The zero-order valence-electron chi connectivity index (χ0n) is 8.24. The number of nitrogens with two attached hydrogens (primary N) is 1. The van der Waals surface area contributed by atoms with Crippen LogP contribution in [0.2, 0.25) is 0 Å². The molecule has 5 heteroatoms. The monoisotopic (exact) mass is 321 g/mol. The van der Waals surface area contributed by atoms with E-state index in [9.17, 15) is 4.39 Å². The van der Waals surface area contributed by atoms with Crippen molar-refractivity contribution in [2.75, 3.05) is 18.0 Å². The topological polar surface area (TPSA) is 42.1 Å². The van der Waals surface area contributed by atoms with Crippen LogP contribution in [-0.4, -0.2) is 30.3 Å². The minimum absolute atomic E-state index is 0.307. The van der Waals surface area contributed by atoms with Crippen LogP contribution in [0.3, 0.4) is 0 Å². The number of rotatable bonds is 1. The third-order valence-electron chi connectivity index (χ3n) is 2.67. The number of pyridine rings is 1. The highest BCUT2D eigenvalue weighted by atomic mass is 127. The lowest BCUT2D eigenvalue weighted by Crippen LogP contribution is -2.48. The Morgan fingerprint density at radius 1 is 1.53 bits per heavy atom. The molecule has 0 radical (unpaired) electrons. The van der Waals surface area contributed by atoms with Gasteiger partial charge in [0.05, 0.1) is 18.4 Å². The SMILES string of the molecule is N[C@@H]1CCN(c2ccc(I)nc2)C[C@@H]1F. The summed E-state index contributed by atoms with van der Waals surface area (Å²) >= 11 is 2.15. The number of nitrogens with zero attached hydrogens (tertiary/aromatic N) is 2. The first kappa shape index (κ1) is 11.1. The van der Waals surface area contributed by atoms with Crippen LogP contribution >= 0.6 is 22.6 Å². The number of halogens is 2. The summed E-state index contributed by atoms with van der Waals surface area (Å²) in [4.78, 5) is 6.19. The Bertz CT molecular complexity index is 330. The first-order valence-corrected chi connectivity index (χ1v) is 6.01. The molecule has 1 aromatic heterocycles. The third kappa shape index (κ3) is 2.57. The lowest BCUT2D eigenvalue weighted by Gasteiger charge is -2.34. The maximum atomic E-state index is 13.4. The quantitative estimate of drug-likeness (QED) is 0.631. The number of anilines is 1. The van der Waals surface area contributed by atoms with Gasteiger partial charge in [0, 0.05) is 12.6 Å². The molecule has 3 nitrogen and oxygen atoms in total. The van der Waals surface area contributed by atoms with Crippen LogP contribution in [0.1, 0.15) is 6.42 Å². The van der Waals surface area contributed by atoms with Crippen LogP contribution in [0, 0.1) is 3.70 Å². The van der Waals surface area contributed by atoms with E-state index in [1.165, 1.54) is 0 Å². The van der Waals surface area contributed by atoms with E-state index in [0.29, 0.717) is 13.0 Å². The summed E-state index contributed by atoms with van der Waals surface area (Å²) in [5.41, 5.74) is 6.60. The van der Waals surface area contributed by atoms with E-state index in [-0.39, 0.29) is 6.04 Å². The van der Waals surface area contributed by atoms with E-state index in [0.717, 1.165) is 15.9 Å². The molecule has 1 saturated heterocycles. The molecule has 2 heterocycles. The first-order valence-electron chi connectivity index (χ1n) is 4.93. The van der Waals surface area contributed by atoms with Crippen molar-refractivity contribution in [3.63, 3.8) is 0 Å². The maximum Gasteiger partial charge on any atom is 0.133 e. The summed E-state index contributed by atoms with van der Waals surface area (Å²) < 4.78 is 14.3.